The summed E-state index contributed by atoms with van der Waals surface area (Å²) >= 11 is 0. The number of fused-ring (bicyclic) bond motifs is 1. The van der Waals surface area contributed by atoms with Gasteiger partial charge in [-0.25, -0.2) is 0 Å². The maximum Gasteiger partial charge on any atom is 0.260 e. The molecule has 0 heterocycles. The van der Waals surface area contributed by atoms with Crippen molar-refractivity contribution in [3.63, 3.8) is 0 Å². The predicted molar refractivity (Wildman–Crippen MR) is 101 cm³/mol. The molecule has 1 amide bonds. The second-order valence-corrected chi connectivity index (χ2v) is 6.78. The summed E-state index contributed by atoms with van der Waals surface area (Å²) in [5.74, 6) is 0.748. The molecular weight excluding hydrogens is 310 g/mol. The average Bonchev–Trinajstić information content (AvgIpc) is 2.65. The fourth-order valence-electron chi connectivity index (χ4n) is 3.33. The van der Waals surface area contributed by atoms with E-state index in [9.17, 15) is 4.79 Å². The van der Waals surface area contributed by atoms with Gasteiger partial charge in [0.15, 0.2) is 6.10 Å². The van der Waals surface area contributed by atoms with E-state index in [4.69, 9.17) is 4.74 Å². The van der Waals surface area contributed by atoms with Crippen molar-refractivity contribution < 1.29 is 9.53 Å². The molecule has 1 aliphatic carbocycles. The van der Waals surface area contributed by atoms with Crippen LogP contribution < -0.4 is 10.1 Å². The molecule has 132 valence electrons. The van der Waals surface area contributed by atoms with E-state index in [1.165, 1.54) is 29.5 Å². The van der Waals surface area contributed by atoms with E-state index in [2.05, 4.69) is 29.6 Å². The van der Waals surface area contributed by atoms with Crippen molar-refractivity contribution in [1.82, 2.24) is 5.32 Å². The number of ether oxygens (including phenoxy) is 1. The second kappa shape index (κ2) is 8.70. The van der Waals surface area contributed by atoms with Crippen molar-refractivity contribution in [3.05, 3.63) is 65.2 Å². The molecule has 25 heavy (non-hydrogen) atoms. The smallest absolute Gasteiger partial charge is 0.260 e. The van der Waals surface area contributed by atoms with Gasteiger partial charge in [0.25, 0.3) is 5.91 Å². The third kappa shape index (κ3) is 5.09. The molecule has 0 saturated heterocycles. The molecule has 3 rings (SSSR count). The van der Waals surface area contributed by atoms with Crippen LogP contribution in [0.5, 0.6) is 5.75 Å². The van der Waals surface area contributed by atoms with E-state index in [0.29, 0.717) is 6.54 Å². The highest BCUT2D eigenvalue weighted by Gasteiger charge is 2.16. The van der Waals surface area contributed by atoms with Crippen molar-refractivity contribution in [2.45, 2.75) is 51.6 Å². The lowest BCUT2D eigenvalue weighted by atomic mass is 9.92. The van der Waals surface area contributed by atoms with Gasteiger partial charge in [-0.2, -0.15) is 0 Å². The van der Waals surface area contributed by atoms with E-state index < -0.39 is 6.10 Å². The Hall–Kier alpha value is -2.29. The molecule has 1 aliphatic rings. The highest BCUT2D eigenvalue weighted by molar-refractivity contribution is 5.80. The van der Waals surface area contributed by atoms with Crippen molar-refractivity contribution >= 4 is 5.91 Å². The Morgan fingerprint density at radius 2 is 1.84 bits per heavy atom. The quantitative estimate of drug-likeness (QED) is 0.773. The van der Waals surface area contributed by atoms with Gasteiger partial charge in [-0.3, -0.25) is 4.79 Å². The third-order valence-electron chi connectivity index (χ3n) is 4.79. The summed E-state index contributed by atoms with van der Waals surface area (Å²) in [6, 6.07) is 16.6. The van der Waals surface area contributed by atoms with Gasteiger partial charge < -0.3 is 10.1 Å². The van der Waals surface area contributed by atoms with E-state index in [1.807, 2.05) is 31.2 Å². The minimum absolute atomic E-state index is 0.0502. The molecule has 1 unspecified atom stereocenters. The van der Waals surface area contributed by atoms with Crippen LogP contribution in [-0.2, 0) is 24.1 Å². The van der Waals surface area contributed by atoms with Crippen LogP contribution in [0, 0.1) is 0 Å². The lowest BCUT2D eigenvalue weighted by molar-refractivity contribution is -0.127. The molecule has 0 radical (unpaired) electrons. The van der Waals surface area contributed by atoms with E-state index >= 15 is 0 Å². The van der Waals surface area contributed by atoms with Crippen LogP contribution in [0.25, 0.3) is 0 Å². The molecular formula is C22H27NO2. The Bertz CT molecular complexity index is 696. The van der Waals surface area contributed by atoms with E-state index in [0.717, 1.165) is 31.4 Å². The van der Waals surface area contributed by atoms with Crippen LogP contribution in [-0.4, -0.2) is 18.6 Å². The summed E-state index contributed by atoms with van der Waals surface area (Å²) in [6.45, 7) is 2.48. The van der Waals surface area contributed by atoms with Crippen molar-refractivity contribution in [3.8, 4) is 5.75 Å². The zero-order valence-corrected chi connectivity index (χ0v) is 15.0. The molecule has 3 heteroatoms. The first-order valence-electron chi connectivity index (χ1n) is 9.32. The lowest BCUT2D eigenvalue weighted by Gasteiger charge is -2.19. The zero-order valence-electron chi connectivity index (χ0n) is 15.0. The standard InChI is InChI=1S/C22H27NO2/c1-17(22(24)23-15-7-10-18-8-3-2-4-9-18)25-21-14-13-19-11-5-6-12-20(19)16-21/h2-4,8-9,13-14,16-17H,5-7,10-12,15H2,1H3,(H,23,24). The monoisotopic (exact) mass is 337 g/mol. The predicted octanol–water partition coefficient (Wildman–Crippen LogP) is 4.08. The molecule has 0 saturated carbocycles. The number of aryl methyl sites for hydroxylation is 3. The number of carbonyl (C=O) groups is 1. The maximum absolute atomic E-state index is 12.2. The zero-order chi connectivity index (χ0) is 17.5. The first-order chi connectivity index (χ1) is 12.2. The van der Waals surface area contributed by atoms with Crippen LogP contribution in [0.2, 0.25) is 0 Å². The largest absolute Gasteiger partial charge is 0.481 e. The average molecular weight is 337 g/mol. The van der Waals surface area contributed by atoms with E-state index in [1.54, 1.807) is 0 Å². The molecule has 0 aromatic heterocycles. The number of hydrogen-bond donors (Lipinski definition) is 1. The summed E-state index contributed by atoms with van der Waals surface area (Å²) in [7, 11) is 0. The van der Waals surface area contributed by atoms with Gasteiger partial charge in [0.1, 0.15) is 5.75 Å². The Morgan fingerprint density at radius 1 is 1.08 bits per heavy atom. The van der Waals surface area contributed by atoms with Crippen LogP contribution in [0.3, 0.4) is 0 Å². The van der Waals surface area contributed by atoms with Gasteiger partial charge in [0, 0.05) is 6.54 Å². The number of hydrogen-bond acceptors (Lipinski definition) is 2. The van der Waals surface area contributed by atoms with Crippen molar-refractivity contribution in [2.75, 3.05) is 6.54 Å². The molecule has 0 aliphatic heterocycles. The third-order valence-corrected chi connectivity index (χ3v) is 4.79. The number of carbonyl (C=O) groups excluding carboxylic acids is 1. The summed E-state index contributed by atoms with van der Waals surface area (Å²) in [5, 5.41) is 2.97. The van der Waals surface area contributed by atoms with Crippen LogP contribution in [0.4, 0.5) is 0 Å². The summed E-state index contributed by atoms with van der Waals surface area (Å²) < 4.78 is 5.85. The fourth-order valence-corrected chi connectivity index (χ4v) is 3.33. The van der Waals surface area contributed by atoms with Gasteiger partial charge in [0.2, 0.25) is 0 Å². The number of benzene rings is 2. The van der Waals surface area contributed by atoms with Crippen molar-refractivity contribution in [1.29, 1.82) is 0 Å². The molecule has 1 atom stereocenters. The number of amides is 1. The molecule has 2 aromatic carbocycles. The molecule has 3 nitrogen and oxygen atoms in total. The van der Waals surface area contributed by atoms with Gasteiger partial charge >= 0.3 is 0 Å². The number of nitrogens with one attached hydrogen (secondary N) is 1. The first kappa shape index (κ1) is 17.5. The minimum atomic E-state index is -0.474. The highest BCUT2D eigenvalue weighted by Crippen LogP contribution is 2.25. The van der Waals surface area contributed by atoms with Crippen LogP contribution in [0.1, 0.15) is 42.9 Å². The Balaban J connectivity index is 1.43. The van der Waals surface area contributed by atoms with Gasteiger partial charge in [-0.1, -0.05) is 36.4 Å². The molecule has 0 fully saturated rings. The normalized spacial score (nSPS) is 14.4. The summed E-state index contributed by atoms with van der Waals surface area (Å²) in [4.78, 5) is 12.2. The Kier molecular flexibility index (Phi) is 6.10. The summed E-state index contributed by atoms with van der Waals surface area (Å²) in [5.41, 5.74) is 4.10. The Morgan fingerprint density at radius 3 is 2.64 bits per heavy atom. The van der Waals surface area contributed by atoms with Gasteiger partial charge in [-0.05, 0) is 74.3 Å². The van der Waals surface area contributed by atoms with Crippen molar-refractivity contribution in [2.24, 2.45) is 0 Å². The highest BCUT2D eigenvalue weighted by atomic mass is 16.5. The Labute approximate surface area is 150 Å². The van der Waals surface area contributed by atoms with Crippen LogP contribution >= 0.6 is 0 Å². The SMILES string of the molecule is CC(Oc1ccc2c(c1)CCCC2)C(=O)NCCCc1ccccc1. The maximum atomic E-state index is 12.2. The number of rotatable bonds is 7. The van der Waals surface area contributed by atoms with E-state index in [-0.39, 0.29) is 5.91 Å². The van der Waals surface area contributed by atoms with Gasteiger partial charge in [-0.15, -0.1) is 0 Å². The van der Waals surface area contributed by atoms with Crippen LogP contribution in [0.15, 0.2) is 48.5 Å². The van der Waals surface area contributed by atoms with Gasteiger partial charge in [0.05, 0.1) is 0 Å². The molecule has 2 aromatic rings. The second-order valence-electron chi connectivity index (χ2n) is 6.78. The first-order valence-corrected chi connectivity index (χ1v) is 9.32. The molecule has 0 spiro atoms. The minimum Gasteiger partial charge on any atom is -0.481 e. The fraction of sp³-hybridized carbons (Fsp3) is 0.409. The molecule has 0 bridgehead atoms. The summed E-state index contributed by atoms with van der Waals surface area (Å²) in [6.07, 6.45) is 6.23. The topological polar surface area (TPSA) is 38.3 Å². The molecule has 1 N–H and O–H groups in total. The lowest BCUT2D eigenvalue weighted by Crippen LogP contribution is -2.37.